The molecule has 0 saturated carbocycles. The van der Waals surface area contributed by atoms with Crippen LogP contribution >= 0.6 is 0 Å². The minimum atomic E-state index is -0.427. The molecule has 2 N–H and O–H groups in total. The molecule has 9 nitrogen and oxygen atoms in total. The molecule has 0 radical (unpaired) electrons. The van der Waals surface area contributed by atoms with Gasteiger partial charge in [-0.1, -0.05) is 0 Å². The van der Waals surface area contributed by atoms with Crippen LogP contribution in [0.15, 0.2) is 60.7 Å². The van der Waals surface area contributed by atoms with Gasteiger partial charge in [0.05, 0.1) is 34.0 Å². The lowest BCUT2D eigenvalue weighted by Gasteiger charge is -2.38. The first-order valence-electron chi connectivity index (χ1n) is 12.4. The molecule has 3 aromatic carbocycles. The molecular formula is C29H33N3O6. The average molecular weight is 520 g/mol. The van der Waals surface area contributed by atoms with Crippen molar-refractivity contribution in [3.63, 3.8) is 0 Å². The van der Waals surface area contributed by atoms with E-state index in [4.69, 9.17) is 18.9 Å². The topological polar surface area (TPSA) is 98.4 Å². The minimum absolute atomic E-state index is 0.212. The molecule has 9 heteroatoms. The highest BCUT2D eigenvalue weighted by Gasteiger charge is 2.32. The van der Waals surface area contributed by atoms with Crippen LogP contribution in [0.2, 0.25) is 0 Å². The van der Waals surface area contributed by atoms with Crippen molar-refractivity contribution in [1.29, 1.82) is 0 Å². The average Bonchev–Trinajstić information content (AvgIpc) is 2.95. The van der Waals surface area contributed by atoms with Crippen molar-refractivity contribution in [2.75, 3.05) is 46.3 Å². The molecule has 3 amide bonds. The van der Waals surface area contributed by atoms with Crippen molar-refractivity contribution < 1.29 is 28.5 Å². The Hall–Kier alpha value is -4.40. The van der Waals surface area contributed by atoms with E-state index in [1.807, 2.05) is 31.2 Å². The fourth-order valence-electron chi connectivity index (χ4n) is 4.52. The first-order valence-corrected chi connectivity index (χ1v) is 12.4. The van der Waals surface area contributed by atoms with Gasteiger partial charge in [0.15, 0.2) is 11.5 Å². The first-order chi connectivity index (χ1) is 18.5. The molecule has 1 atom stereocenters. The van der Waals surface area contributed by atoms with Crippen molar-refractivity contribution in [3.05, 3.63) is 77.4 Å². The number of carbonyl (C=O) groups excluding carboxylic acids is 2. The lowest BCUT2D eigenvalue weighted by atomic mass is 9.91. The van der Waals surface area contributed by atoms with E-state index >= 15 is 0 Å². The predicted octanol–water partition coefficient (Wildman–Crippen LogP) is 4.67. The maximum absolute atomic E-state index is 13.5. The van der Waals surface area contributed by atoms with Crippen LogP contribution in [0.3, 0.4) is 0 Å². The number of hydrogen-bond donors (Lipinski definition) is 2. The molecular weight excluding hydrogens is 486 g/mol. The number of benzene rings is 3. The lowest BCUT2D eigenvalue weighted by molar-refractivity contribution is 0.0936. The van der Waals surface area contributed by atoms with E-state index in [1.165, 1.54) is 0 Å². The van der Waals surface area contributed by atoms with Gasteiger partial charge in [-0.25, -0.2) is 4.79 Å². The van der Waals surface area contributed by atoms with Crippen LogP contribution in [0.1, 0.15) is 34.5 Å². The summed E-state index contributed by atoms with van der Waals surface area (Å²) in [7, 11) is 4.74. The van der Waals surface area contributed by atoms with Crippen LogP contribution in [0.25, 0.3) is 0 Å². The SMILES string of the molecule is CCOc1ccc(NC(=O)N2CCc3cc(OC)c(OC)cc3C2CNC(=O)c2ccc(OC)cc2)cc1. The monoisotopic (exact) mass is 519 g/mol. The second-order valence-corrected chi connectivity index (χ2v) is 8.69. The number of methoxy groups -OCH3 is 3. The van der Waals surface area contributed by atoms with Gasteiger partial charge in [-0.15, -0.1) is 0 Å². The normalized spacial score (nSPS) is 14.2. The number of carbonyl (C=O) groups is 2. The summed E-state index contributed by atoms with van der Waals surface area (Å²) in [5.74, 6) is 2.34. The quantitative estimate of drug-likeness (QED) is 0.426. The summed E-state index contributed by atoms with van der Waals surface area (Å²) >= 11 is 0. The number of hydrogen-bond acceptors (Lipinski definition) is 6. The lowest BCUT2D eigenvalue weighted by Crippen LogP contribution is -2.46. The minimum Gasteiger partial charge on any atom is -0.497 e. The van der Waals surface area contributed by atoms with Gasteiger partial charge in [0, 0.05) is 24.3 Å². The Morgan fingerprint density at radius 3 is 2.18 bits per heavy atom. The first kappa shape index (κ1) is 26.7. The molecule has 4 rings (SSSR count). The van der Waals surface area contributed by atoms with Gasteiger partial charge in [0.2, 0.25) is 0 Å². The highest BCUT2D eigenvalue weighted by atomic mass is 16.5. The van der Waals surface area contributed by atoms with E-state index < -0.39 is 6.04 Å². The second kappa shape index (κ2) is 12.2. The Bertz CT molecular complexity index is 1260. The van der Waals surface area contributed by atoms with Crippen molar-refractivity contribution in [2.24, 2.45) is 0 Å². The molecule has 1 aliphatic rings. The molecule has 38 heavy (non-hydrogen) atoms. The zero-order valence-corrected chi connectivity index (χ0v) is 22.1. The van der Waals surface area contributed by atoms with Gasteiger partial charge in [-0.2, -0.15) is 0 Å². The molecule has 1 heterocycles. The van der Waals surface area contributed by atoms with Crippen LogP contribution in [0, 0.1) is 0 Å². The highest BCUT2D eigenvalue weighted by Crippen LogP contribution is 2.38. The molecule has 0 fully saturated rings. The zero-order chi connectivity index (χ0) is 27.1. The number of amides is 3. The van der Waals surface area contributed by atoms with Gasteiger partial charge in [0.25, 0.3) is 5.91 Å². The predicted molar refractivity (Wildman–Crippen MR) is 145 cm³/mol. The molecule has 200 valence electrons. The molecule has 0 spiro atoms. The van der Waals surface area contributed by atoms with E-state index in [1.54, 1.807) is 62.6 Å². The largest absolute Gasteiger partial charge is 0.497 e. The maximum atomic E-state index is 13.5. The van der Waals surface area contributed by atoms with Gasteiger partial charge < -0.3 is 34.5 Å². The van der Waals surface area contributed by atoms with E-state index in [9.17, 15) is 9.59 Å². The Kier molecular flexibility index (Phi) is 8.58. The summed E-state index contributed by atoms with van der Waals surface area (Å²) in [6, 6.07) is 17.2. The van der Waals surface area contributed by atoms with Gasteiger partial charge in [-0.05, 0) is 85.1 Å². The van der Waals surface area contributed by atoms with E-state index in [0.29, 0.717) is 48.1 Å². The Balaban J connectivity index is 1.58. The number of urea groups is 1. The molecule has 1 unspecified atom stereocenters. The molecule has 0 aliphatic carbocycles. The maximum Gasteiger partial charge on any atom is 0.322 e. The van der Waals surface area contributed by atoms with Gasteiger partial charge in [0.1, 0.15) is 11.5 Å². The van der Waals surface area contributed by atoms with Gasteiger partial charge >= 0.3 is 6.03 Å². The van der Waals surface area contributed by atoms with E-state index in [-0.39, 0.29) is 18.5 Å². The van der Waals surface area contributed by atoms with Crippen LogP contribution in [-0.4, -0.2) is 57.9 Å². The smallest absolute Gasteiger partial charge is 0.322 e. The standard InChI is InChI=1S/C29H33N3O6/c1-5-38-23-12-8-21(9-13-23)31-29(34)32-15-14-20-16-26(36-3)27(37-4)17-24(20)25(32)18-30-28(33)19-6-10-22(35-2)11-7-19/h6-13,16-17,25H,5,14-15,18H2,1-4H3,(H,30,33)(H,31,34). The van der Waals surface area contributed by atoms with Crippen molar-refractivity contribution in [2.45, 2.75) is 19.4 Å². The Morgan fingerprint density at radius 2 is 1.55 bits per heavy atom. The van der Waals surface area contributed by atoms with Crippen molar-refractivity contribution in [1.82, 2.24) is 10.2 Å². The Morgan fingerprint density at radius 1 is 0.895 bits per heavy atom. The molecule has 3 aromatic rings. The summed E-state index contributed by atoms with van der Waals surface area (Å²) in [6.07, 6.45) is 0.634. The van der Waals surface area contributed by atoms with Crippen molar-refractivity contribution >= 4 is 17.6 Å². The summed E-state index contributed by atoms with van der Waals surface area (Å²) in [5, 5.41) is 5.97. The molecule has 0 saturated heterocycles. The fourth-order valence-corrected chi connectivity index (χ4v) is 4.52. The van der Waals surface area contributed by atoms with Gasteiger partial charge in [-0.3, -0.25) is 4.79 Å². The summed E-state index contributed by atoms with van der Waals surface area (Å²) in [6.45, 7) is 3.16. The van der Waals surface area contributed by atoms with E-state index in [0.717, 1.165) is 16.9 Å². The zero-order valence-electron chi connectivity index (χ0n) is 22.1. The number of anilines is 1. The molecule has 0 aromatic heterocycles. The highest BCUT2D eigenvalue weighted by molar-refractivity contribution is 5.94. The van der Waals surface area contributed by atoms with E-state index in [2.05, 4.69) is 10.6 Å². The third kappa shape index (κ3) is 5.94. The fraction of sp³-hybridized carbons (Fsp3) is 0.310. The van der Waals surface area contributed by atoms with Crippen LogP contribution in [0.5, 0.6) is 23.0 Å². The van der Waals surface area contributed by atoms with Crippen LogP contribution in [-0.2, 0) is 6.42 Å². The summed E-state index contributed by atoms with van der Waals surface area (Å²) < 4.78 is 21.7. The number of fused-ring (bicyclic) bond motifs is 1. The summed E-state index contributed by atoms with van der Waals surface area (Å²) in [4.78, 5) is 28.1. The molecule has 0 bridgehead atoms. The third-order valence-electron chi connectivity index (χ3n) is 6.49. The Labute approximate surface area is 222 Å². The van der Waals surface area contributed by atoms with Crippen LogP contribution in [0.4, 0.5) is 10.5 Å². The van der Waals surface area contributed by atoms with Crippen LogP contribution < -0.4 is 29.6 Å². The summed E-state index contributed by atoms with van der Waals surface area (Å²) in [5.41, 5.74) is 3.08. The number of nitrogens with one attached hydrogen (secondary N) is 2. The number of ether oxygens (including phenoxy) is 4. The second-order valence-electron chi connectivity index (χ2n) is 8.69. The number of nitrogens with zero attached hydrogens (tertiary/aromatic N) is 1. The third-order valence-corrected chi connectivity index (χ3v) is 6.49. The van der Waals surface area contributed by atoms with Crippen molar-refractivity contribution in [3.8, 4) is 23.0 Å². The number of rotatable bonds is 9. The molecule has 1 aliphatic heterocycles.